The normalized spacial score (nSPS) is 13.1. The fourth-order valence-corrected chi connectivity index (χ4v) is 3.55. The van der Waals surface area contributed by atoms with Gasteiger partial charge in [0.05, 0.1) is 11.4 Å². The first-order valence-corrected chi connectivity index (χ1v) is 9.26. The summed E-state index contributed by atoms with van der Waals surface area (Å²) in [5.41, 5.74) is 4.01. The maximum atomic E-state index is 11.8. The van der Waals surface area contributed by atoms with Gasteiger partial charge < -0.3 is 15.0 Å². The highest BCUT2D eigenvalue weighted by atomic mass is 32.1. The van der Waals surface area contributed by atoms with E-state index in [4.69, 9.17) is 4.74 Å². The van der Waals surface area contributed by atoms with Crippen molar-refractivity contribution in [3.63, 3.8) is 0 Å². The zero-order valence-corrected chi connectivity index (χ0v) is 15.7. The zero-order chi connectivity index (χ0) is 19.0. The number of anilines is 3. The average molecular weight is 379 g/mol. The molecule has 1 amide bonds. The molecule has 3 aromatic rings. The highest BCUT2D eigenvalue weighted by molar-refractivity contribution is 7.14. The van der Waals surface area contributed by atoms with Crippen molar-refractivity contribution in [2.45, 2.75) is 6.92 Å². The molecule has 6 nitrogen and oxygen atoms in total. The van der Waals surface area contributed by atoms with E-state index < -0.39 is 0 Å². The molecule has 1 N–H and O–H groups in total. The second-order valence-corrected chi connectivity index (χ2v) is 7.08. The standard InChI is InChI=1S/C20H17N3O3S/c1-12(24)13-3-6-15(7-4-13)21-20-22-16(11-27-20)14-5-8-18-17(9-14)23(2)19(25)10-26-18/h3-9,11H,10H2,1-2H3,(H,21,22). The molecule has 27 heavy (non-hydrogen) atoms. The Morgan fingerprint density at radius 1 is 1.22 bits per heavy atom. The van der Waals surface area contributed by atoms with Crippen LogP contribution < -0.4 is 15.0 Å². The molecule has 0 saturated carbocycles. The molecule has 1 aromatic heterocycles. The van der Waals surface area contributed by atoms with E-state index in [2.05, 4.69) is 10.3 Å². The number of carbonyl (C=O) groups excluding carboxylic acids is 2. The van der Waals surface area contributed by atoms with Gasteiger partial charge in [-0.2, -0.15) is 0 Å². The van der Waals surface area contributed by atoms with Gasteiger partial charge in [0.25, 0.3) is 5.91 Å². The Morgan fingerprint density at radius 3 is 2.74 bits per heavy atom. The minimum atomic E-state index is -0.0747. The highest BCUT2D eigenvalue weighted by Crippen LogP contribution is 2.36. The van der Waals surface area contributed by atoms with Crippen molar-refractivity contribution in [3.05, 3.63) is 53.4 Å². The van der Waals surface area contributed by atoms with Gasteiger partial charge in [-0.1, -0.05) is 0 Å². The Labute approximate surface area is 160 Å². The van der Waals surface area contributed by atoms with Gasteiger partial charge in [-0.25, -0.2) is 4.98 Å². The second kappa shape index (κ2) is 6.85. The number of rotatable bonds is 4. The van der Waals surface area contributed by atoms with E-state index in [1.807, 2.05) is 35.7 Å². The van der Waals surface area contributed by atoms with Gasteiger partial charge >= 0.3 is 0 Å². The van der Waals surface area contributed by atoms with Crippen LogP contribution in [-0.4, -0.2) is 30.3 Å². The van der Waals surface area contributed by atoms with Crippen LogP contribution in [0.2, 0.25) is 0 Å². The summed E-state index contributed by atoms with van der Waals surface area (Å²) in [6.45, 7) is 1.61. The predicted octanol–water partition coefficient (Wildman–Crippen LogP) is 4.11. The Kier molecular flexibility index (Phi) is 4.37. The number of aromatic nitrogens is 1. The van der Waals surface area contributed by atoms with Gasteiger partial charge in [0, 0.05) is 29.2 Å². The maximum absolute atomic E-state index is 11.8. The summed E-state index contributed by atoms with van der Waals surface area (Å²) in [4.78, 5) is 29.4. The lowest BCUT2D eigenvalue weighted by Gasteiger charge is -2.26. The lowest BCUT2D eigenvalue weighted by atomic mass is 10.1. The summed E-state index contributed by atoms with van der Waals surface area (Å²) >= 11 is 1.49. The number of fused-ring (bicyclic) bond motifs is 1. The van der Waals surface area contributed by atoms with Crippen LogP contribution in [0.3, 0.4) is 0 Å². The Hall–Kier alpha value is -3.19. The number of amides is 1. The van der Waals surface area contributed by atoms with Crippen LogP contribution >= 0.6 is 11.3 Å². The smallest absolute Gasteiger partial charge is 0.264 e. The van der Waals surface area contributed by atoms with Crippen molar-refractivity contribution in [2.75, 3.05) is 23.9 Å². The van der Waals surface area contributed by atoms with Gasteiger partial charge in [-0.05, 0) is 49.4 Å². The van der Waals surface area contributed by atoms with Crippen LogP contribution in [0.4, 0.5) is 16.5 Å². The lowest BCUT2D eigenvalue weighted by molar-refractivity contribution is -0.120. The molecule has 1 aliphatic rings. The molecule has 0 unspecified atom stereocenters. The van der Waals surface area contributed by atoms with Gasteiger partial charge in [-0.3, -0.25) is 9.59 Å². The first kappa shape index (κ1) is 17.2. The quantitative estimate of drug-likeness (QED) is 0.691. The molecule has 0 saturated heterocycles. The number of Topliss-reactive ketones (excluding diaryl/α,β-unsaturated/α-hetero) is 1. The van der Waals surface area contributed by atoms with Crippen molar-refractivity contribution < 1.29 is 14.3 Å². The number of hydrogen-bond acceptors (Lipinski definition) is 6. The van der Waals surface area contributed by atoms with Crippen LogP contribution in [-0.2, 0) is 4.79 Å². The van der Waals surface area contributed by atoms with E-state index in [1.165, 1.54) is 11.3 Å². The summed E-state index contributed by atoms with van der Waals surface area (Å²) in [6.07, 6.45) is 0. The monoisotopic (exact) mass is 379 g/mol. The number of nitrogens with one attached hydrogen (secondary N) is 1. The molecule has 0 aliphatic carbocycles. The molecule has 2 aromatic carbocycles. The zero-order valence-electron chi connectivity index (χ0n) is 14.9. The van der Waals surface area contributed by atoms with Crippen LogP contribution in [0.15, 0.2) is 47.8 Å². The molecule has 7 heteroatoms. The van der Waals surface area contributed by atoms with Crippen molar-refractivity contribution >= 4 is 39.5 Å². The van der Waals surface area contributed by atoms with Gasteiger partial charge in [-0.15, -0.1) is 11.3 Å². The summed E-state index contributed by atoms with van der Waals surface area (Å²) in [5.74, 6) is 0.659. The molecule has 136 valence electrons. The van der Waals surface area contributed by atoms with Crippen molar-refractivity contribution in [1.82, 2.24) is 4.98 Å². The van der Waals surface area contributed by atoms with Crippen LogP contribution in [0, 0.1) is 0 Å². The predicted molar refractivity (Wildman–Crippen MR) is 106 cm³/mol. The maximum Gasteiger partial charge on any atom is 0.264 e. The fraction of sp³-hybridized carbons (Fsp3) is 0.150. The van der Waals surface area contributed by atoms with Crippen LogP contribution in [0.25, 0.3) is 11.3 Å². The Bertz CT molecular complexity index is 1030. The van der Waals surface area contributed by atoms with Gasteiger partial charge in [0.2, 0.25) is 0 Å². The molecular weight excluding hydrogens is 362 g/mol. The number of likely N-dealkylation sites (N-methyl/N-ethyl adjacent to an activating group) is 1. The largest absolute Gasteiger partial charge is 0.482 e. The van der Waals surface area contributed by atoms with E-state index >= 15 is 0 Å². The molecular formula is C20H17N3O3S. The third kappa shape index (κ3) is 3.41. The Morgan fingerprint density at radius 2 is 2.00 bits per heavy atom. The third-order valence-corrected chi connectivity index (χ3v) is 5.15. The Balaban J connectivity index is 1.56. The third-order valence-electron chi connectivity index (χ3n) is 4.39. The minimum Gasteiger partial charge on any atom is -0.482 e. The summed E-state index contributed by atoms with van der Waals surface area (Å²) in [5, 5.41) is 5.95. The molecule has 1 aliphatic heterocycles. The van der Waals surface area contributed by atoms with Crippen molar-refractivity contribution in [1.29, 1.82) is 0 Å². The fourth-order valence-electron chi connectivity index (χ4n) is 2.81. The lowest BCUT2D eigenvalue weighted by Crippen LogP contribution is -2.35. The average Bonchev–Trinajstić information content (AvgIpc) is 3.13. The van der Waals surface area contributed by atoms with E-state index in [-0.39, 0.29) is 18.3 Å². The molecule has 0 spiro atoms. The number of thiazole rings is 1. The number of hydrogen-bond donors (Lipinski definition) is 1. The number of ether oxygens (including phenoxy) is 1. The number of nitrogens with zero attached hydrogens (tertiary/aromatic N) is 2. The summed E-state index contributed by atoms with van der Waals surface area (Å²) < 4.78 is 5.46. The van der Waals surface area contributed by atoms with Crippen molar-refractivity contribution in [2.24, 2.45) is 0 Å². The van der Waals surface area contributed by atoms with E-state index in [1.54, 1.807) is 31.0 Å². The summed E-state index contributed by atoms with van der Waals surface area (Å²) in [6, 6.07) is 13.0. The number of ketones is 1. The van der Waals surface area contributed by atoms with Crippen LogP contribution in [0.5, 0.6) is 5.75 Å². The first-order valence-electron chi connectivity index (χ1n) is 8.38. The minimum absolute atomic E-state index is 0.0397. The summed E-state index contributed by atoms with van der Waals surface area (Å²) in [7, 11) is 1.74. The van der Waals surface area contributed by atoms with Gasteiger partial charge in [0.1, 0.15) is 5.75 Å². The highest BCUT2D eigenvalue weighted by Gasteiger charge is 2.22. The number of carbonyl (C=O) groups is 2. The molecule has 0 radical (unpaired) electrons. The molecule has 4 rings (SSSR count). The van der Waals surface area contributed by atoms with Gasteiger partial charge in [0.15, 0.2) is 17.5 Å². The SMILES string of the molecule is CC(=O)c1ccc(Nc2nc(-c3ccc4c(c3)N(C)C(=O)CO4)cs2)cc1. The molecule has 0 fully saturated rings. The molecule has 0 atom stereocenters. The van der Waals surface area contributed by atoms with Crippen LogP contribution in [0.1, 0.15) is 17.3 Å². The molecule has 0 bridgehead atoms. The van der Waals surface area contributed by atoms with E-state index in [9.17, 15) is 9.59 Å². The topological polar surface area (TPSA) is 71.5 Å². The first-order chi connectivity index (χ1) is 13.0. The van der Waals surface area contributed by atoms with E-state index in [0.717, 1.165) is 27.8 Å². The molecule has 2 heterocycles. The van der Waals surface area contributed by atoms with E-state index in [0.29, 0.717) is 11.3 Å². The number of benzene rings is 2. The second-order valence-electron chi connectivity index (χ2n) is 6.22. The van der Waals surface area contributed by atoms with Crippen molar-refractivity contribution in [3.8, 4) is 17.0 Å².